The molecule has 1 atom stereocenters. The van der Waals surface area contributed by atoms with E-state index in [-0.39, 0.29) is 11.2 Å². The lowest BCUT2D eigenvalue weighted by Crippen LogP contribution is -2.29. The van der Waals surface area contributed by atoms with E-state index in [1.807, 2.05) is 35.8 Å². The molecule has 0 saturated carbocycles. The van der Waals surface area contributed by atoms with Crippen molar-refractivity contribution in [1.82, 2.24) is 24.6 Å². The van der Waals surface area contributed by atoms with E-state index in [9.17, 15) is 4.79 Å². The molecule has 0 aliphatic heterocycles. The minimum atomic E-state index is -0.272. The first kappa shape index (κ1) is 20.1. The van der Waals surface area contributed by atoms with Crippen LogP contribution in [0.15, 0.2) is 53.9 Å². The van der Waals surface area contributed by atoms with Gasteiger partial charge in [-0.25, -0.2) is 0 Å². The number of thioether (sulfide) groups is 1. The van der Waals surface area contributed by atoms with Crippen LogP contribution in [0.2, 0.25) is 0 Å². The Balaban J connectivity index is 2.15. The van der Waals surface area contributed by atoms with Gasteiger partial charge in [0.1, 0.15) is 0 Å². The van der Waals surface area contributed by atoms with Gasteiger partial charge in [0.2, 0.25) is 5.91 Å². The number of hydrogen-bond donors (Lipinski definition) is 0. The average Bonchev–Trinajstić information content (AvgIpc) is 3.11. The SMILES string of the molecule is CC(Sc1nnc(-c2cccnc2)n1-c1ccccc1C(C)C)C(=O)N(C)C. The van der Waals surface area contributed by atoms with Crippen LogP contribution in [0.3, 0.4) is 0 Å². The Kier molecular flexibility index (Phi) is 6.14. The van der Waals surface area contributed by atoms with Crippen LogP contribution in [0.5, 0.6) is 0 Å². The number of carbonyl (C=O) groups excluding carboxylic acids is 1. The number of benzene rings is 1. The number of nitrogens with zero attached hydrogens (tertiary/aromatic N) is 5. The number of para-hydroxylation sites is 1. The first-order valence-electron chi connectivity index (χ1n) is 9.23. The average molecular weight is 396 g/mol. The minimum Gasteiger partial charge on any atom is -0.348 e. The van der Waals surface area contributed by atoms with Gasteiger partial charge in [0, 0.05) is 32.1 Å². The lowest BCUT2D eigenvalue weighted by atomic mass is 10.0. The van der Waals surface area contributed by atoms with Gasteiger partial charge < -0.3 is 4.90 Å². The predicted octanol–water partition coefficient (Wildman–Crippen LogP) is 4.02. The van der Waals surface area contributed by atoms with Crippen LogP contribution in [0.25, 0.3) is 17.1 Å². The number of pyridine rings is 1. The van der Waals surface area contributed by atoms with Crippen molar-refractivity contribution >= 4 is 17.7 Å². The van der Waals surface area contributed by atoms with Crippen molar-refractivity contribution < 1.29 is 4.79 Å². The molecule has 6 nitrogen and oxygen atoms in total. The largest absolute Gasteiger partial charge is 0.348 e. The van der Waals surface area contributed by atoms with Gasteiger partial charge in [0.25, 0.3) is 0 Å². The number of aromatic nitrogens is 4. The van der Waals surface area contributed by atoms with Crippen molar-refractivity contribution in [3.05, 3.63) is 54.4 Å². The number of rotatable bonds is 6. The van der Waals surface area contributed by atoms with E-state index in [0.717, 1.165) is 11.3 Å². The summed E-state index contributed by atoms with van der Waals surface area (Å²) in [4.78, 5) is 18.2. The molecule has 0 N–H and O–H groups in total. The maximum absolute atomic E-state index is 12.4. The third kappa shape index (κ3) is 4.09. The molecule has 0 radical (unpaired) electrons. The van der Waals surface area contributed by atoms with Crippen LogP contribution in [0.4, 0.5) is 0 Å². The first-order valence-corrected chi connectivity index (χ1v) is 10.1. The Morgan fingerprint density at radius 1 is 1.07 bits per heavy atom. The molecule has 0 aliphatic carbocycles. The predicted molar refractivity (Wildman–Crippen MR) is 113 cm³/mol. The van der Waals surface area contributed by atoms with Crippen LogP contribution in [-0.4, -0.2) is 49.9 Å². The normalized spacial score (nSPS) is 12.2. The summed E-state index contributed by atoms with van der Waals surface area (Å²) >= 11 is 1.42. The van der Waals surface area contributed by atoms with Crippen LogP contribution in [0, 0.1) is 0 Å². The van der Waals surface area contributed by atoms with Crippen molar-refractivity contribution in [3.8, 4) is 17.1 Å². The second-order valence-corrected chi connectivity index (χ2v) is 8.40. The van der Waals surface area contributed by atoms with Crippen molar-refractivity contribution in [2.24, 2.45) is 0 Å². The molecule has 1 unspecified atom stereocenters. The van der Waals surface area contributed by atoms with E-state index in [4.69, 9.17) is 0 Å². The molecule has 28 heavy (non-hydrogen) atoms. The molecule has 0 aliphatic rings. The fraction of sp³-hybridized carbons (Fsp3) is 0.333. The molecule has 3 rings (SSSR count). The zero-order chi connectivity index (χ0) is 20.3. The first-order chi connectivity index (χ1) is 13.4. The molecular weight excluding hydrogens is 370 g/mol. The summed E-state index contributed by atoms with van der Waals surface area (Å²) in [6.07, 6.45) is 3.51. The van der Waals surface area contributed by atoms with Crippen molar-refractivity contribution in [3.63, 3.8) is 0 Å². The summed E-state index contributed by atoms with van der Waals surface area (Å²) < 4.78 is 2.04. The molecule has 0 spiro atoms. The van der Waals surface area contributed by atoms with Crippen LogP contribution >= 0.6 is 11.8 Å². The van der Waals surface area contributed by atoms with Crippen LogP contribution in [0.1, 0.15) is 32.3 Å². The Morgan fingerprint density at radius 2 is 1.82 bits per heavy atom. The van der Waals surface area contributed by atoms with E-state index >= 15 is 0 Å². The second kappa shape index (κ2) is 8.56. The molecule has 0 bridgehead atoms. The highest BCUT2D eigenvalue weighted by atomic mass is 32.2. The van der Waals surface area contributed by atoms with Gasteiger partial charge in [-0.1, -0.05) is 43.8 Å². The minimum absolute atomic E-state index is 0.0413. The lowest BCUT2D eigenvalue weighted by Gasteiger charge is -2.19. The molecule has 2 heterocycles. The molecule has 0 fully saturated rings. The number of hydrogen-bond acceptors (Lipinski definition) is 5. The highest BCUT2D eigenvalue weighted by molar-refractivity contribution is 8.00. The van der Waals surface area contributed by atoms with Crippen molar-refractivity contribution in [1.29, 1.82) is 0 Å². The fourth-order valence-electron chi connectivity index (χ4n) is 3.00. The van der Waals surface area contributed by atoms with Crippen molar-refractivity contribution in [2.45, 2.75) is 37.1 Å². The lowest BCUT2D eigenvalue weighted by molar-refractivity contribution is -0.127. The molecular formula is C21H25N5OS. The van der Waals surface area contributed by atoms with Gasteiger partial charge in [-0.15, -0.1) is 10.2 Å². The van der Waals surface area contributed by atoms with Gasteiger partial charge >= 0.3 is 0 Å². The Labute approximate surface area is 170 Å². The number of carbonyl (C=O) groups is 1. The molecule has 0 saturated heterocycles. The quantitative estimate of drug-likeness (QED) is 0.590. The Morgan fingerprint density at radius 3 is 2.46 bits per heavy atom. The van der Waals surface area contributed by atoms with E-state index in [1.165, 1.54) is 17.3 Å². The Bertz CT molecular complexity index is 952. The van der Waals surface area contributed by atoms with Gasteiger partial charge in [-0.05, 0) is 36.6 Å². The van der Waals surface area contributed by atoms with Crippen LogP contribution in [-0.2, 0) is 4.79 Å². The van der Waals surface area contributed by atoms with Gasteiger partial charge in [-0.3, -0.25) is 14.3 Å². The van der Waals surface area contributed by atoms with Gasteiger partial charge in [-0.2, -0.15) is 0 Å². The van der Waals surface area contributed by atoms with E-state index in [2.05, 4.69) is 41.2 Å². The summed E-state index contributed by atoms with van der Waals surface area (Å²) in [5.41, 5.74) is 3.10. The van der Waals surface area contributed by atoms with Gasteiger partial charge in [0.05, 0.1) is 10.9 Å². The van der Waals surface area contributed by atoms with E-state index in [0.29, 0.717) is 16.9 Å². The summed E-state index contributed by atoms with van der Waals surface area (Å²) in [5, 5.41) is 9.29. The maximum Gasteiger partial charge on any atom is 0.235 e. The monoisotopic (exact) mass is 395 g/mol. The third-order valence-electron chi connectivity index (χ3n) is 4.42. The van der Waals surface area contributed by atoms with Crippen molar-refractivity contribution in [2.75, 3.05) is 14.1 Å². The zero-order valence-corrected chi connectivity index (χ0v) is 17.6. The topological polar surface area (TPSA) is 63.9 Å². The van der Waals surface area contributed by atoms with E-state index < -0.39 is 0 Å². The highest BCUT2D eigenvalue weighted by Crippen LogP contribution is 2.33. The standard InChI is InChI=1S/C21H25N5OS/c1-14(2)17-10-6-7-11-18(17)26-19(16-9-8-12-22-13-16)23-24-21(26)28-15(3)20(27)25(4)5/h6-15H,1-5H3. The second-order valence-electron chi connectivity index (χ2n) is 7.09. The molecule has 3 aromatic rings. The molecule has 1 aromatic carbocycles. The summed E-state index contributed by atoms with van der Waals surface area (Å²) in [7, 11) is 3.53. The maximum atomic E-state index is 12.4. The van der Waals surface area contributed by atoms with Gasteiger partial charge in [0.15, 0.2) is 11.0 Å². The van der Waals surface area contributed by atoms with E-state index in [1.54, 1.807) is 31.4 Å². The third-order valence-corrected chi connectivity index (χ3v) is 5.45. The number of amides is 1. The zero-order valence-electron chi connectivity index (χ0n) is 16.8. The highest BCUT2D eigenvalue weighted by Gasteiger charge is 2.24. The summed E-state index contributed by atoms with van der Waals surface area (Å²) in [6.45, 7) is 6.22. The smallest absolute Gasteiger partial charge is 0.235 e. The summed E-state index contributed by atoms with van der Waals surface area (Å²) in [6, 6.07) is 12.1. The summed E-state index contributed by atoms with van der Waals surface area (Å²) in [5.74, 6) is 1.09. The van der Waals surface area contributed by atoms with Crippen LogP contribution < -0.4 is 0 Å². The molecule has 146 valence electrons. The molecule has 1 amide bonds. The Hall–Kier alpha value is -2.67. The molecule has 2 aromatic heterocycles. The fourth-order valence-corrected chi connectivity index (χ4v) is 4.00. The molecule has 7 heteroatoms.